The Morgan fingerprint density at radius 2 is 2.35 bits per heavy atom. The maximum absolute atomic E-state index is 10.5. The van der Waals surface area contributed by atoms with Gasteiger partial charge in [-0.05, 0) is 18.8 Å². The highest BCUT2D eigenvalue weighted by molar-refractivity contribution is 5.20. The Bertz CT molecular complexity index is 449. The van der Waals surface area contributed by atoms with E-state index in [-0.39, 0.29) is 12.2 Å². The van der Waals surface area contributed by atoms with Crippen LogP contribution in [0.1, 0.15) is 32.6 Å². The lowest BCUT2D eigenvalue weighted by molar-refractivity contribution is -0.385. The van der Waals surface area contributed by atoms with Gasteiger partial charge in [0.25, 0.3) is 0 Å². The van der Waals surface area contributed by atoms with Crippen LogP contribution in [-0.4, -0.2) is 38.5 Å². The van der Waals surface area contributed by atoms with Crippen molar-refractivity contribution in [1.29, 1.82) is 0 Å². The predicted molar refractivity (Wildman–Crippen MR) is 74.3 cm³/mol. The van der Waals surface area contributed by atoms with Crippen LogP contribution in [0, 0.1) is 16.0 Å². The first-order chi connectivity index (χ1) is 9.56. The van der Waals surface area contributed by atoms with Gasteiger partial charge in [0.15, 0.2) is 0 Å². The molecule has 7 nitrogen and oxygen atoms in total. The van der Waals surface area contributed by atoms with E-state index in [4.69, 9.17) is 0 Å². The van der Waals surface area contributed by atoms with E-state index in [0.29, 0.717) is 18.5 Å². The average Bonchev–Trinajstić information content (AvgIpc) is 2.86. The highest BCUT2D eigenvalue weighted by atomic mass is 16.6. The minimum atomic E-state index is -0.594. The van der Waals surface area contributed by atoms with Crippen LogP contribution in [0.4, 0.5) is 5.69 Å². The summed E-state index contributed by atoms with van der Waals surface area (Å²) in [5.74, 6) is 0.641. The van der Waals surface area contributed by atoms with Gasteiger partial charge in [-0.3, -0.25) is 14.8 Å². The molecule has 1 aliphatic carbocycles. The molecule has 0 amide bonds. The van der Waals surface area contributed by atoms with E-state index in [9.17, 15) is 15.2 Å². The fraction of sp³-hybridized carbons (Fsp3) is 0.769. The van der Waals surface area contributed by atoms with Gasteiger partial charge in [0.1, 0.15) is 12.4 Å². The van der Waals surface area contributed by atoms with Gasteiger partial charge in [-0.1, -0.05) is 19.8 Å². The van der Waals surface area contributed by atoms with Crippen LogP contribution in [0.2, 0.25) is 0 Å². The summed E-state index contributed by atoms with van der Waals surface area (Å²) in [6.45, 7) is 2.99. The minimum absolute atomic E-state index is 0.0499. The number of nitro groups is 1. The van der Waals surface area contributed by atoms with Crippen LogP contribution in [-0.2, 0) is 6.54 Å². The molecule has 1 aromatic heterocycles. The van der Waals surface area contributed by atoms with Crippen molar-refractivity contribution in [3.63, 3.8) is 0 Å². The van der Waals surface area contributed by atoms with Gasteiger partial charge < -0.3 is 10.4 Å². The van der Waals surface area contributed by atoms with E-state index >= 15 is 0 Å². The molecule has 1 aromatic rings. The molecular formula is C13H22N4O3. The lowest BCUT2D eigenvalue weighted by atomic mass is 9.86. The van der Waals surface area contributed by atoms with Crippen LogP contribution in [0.5, 0.6) is 0 Å². The molecule has 0 bridgehead atoms. The second-order valence-electron chi connectivity index (χ2n) is 5.61. The van der Waals surface area contributed by atoms with Gasteiger partial charge in [-0.25, -0.2) is 0 Å². The number of aliphatic hydroxyl groups excluding tert-OH is 1. The molecule has 3 unspecified atom stereocenters. The van der Waals surface area contributed by atoms with Gasteiger partial charge in [0.05, 0.1) is 17.6 Å². The summed E-state index contributed by atoms with van der Waals surface area (Å²) in [5.41, 5.74) is -0.0499. The number of rotatable bonds is 6. The minimum Gasteiger partial charge on any atom is -0.390 e. The zero-order valence-electron chi connectivity index (χ0n) is 11.7. The Kier molecular flexibility index (Phi) is 5.08. The number of hydrogen-bond acceptors (Lipinski definition) is 5. The van der Waals surface area contributed by atoms with E-state index < -0.39 is 11.0 Å². The van der Waals surface area contributed by atoms with Crippen molar-refractivity contribution in [3.8, 4) is 0 Å². The molecule has 1 saturated carbocycles. The molecule has 2 N–H and O–H groups in total. The molecule has 0 aliphatic heterocycles. The van der Waals surface area contributed by atoms with Crippen molar-refractivity contribution in [1.82, 2.24) is 15.1 Å². The van der Waals surface area contributed by atoms with E-state index in [1.54, 1.807) is 0 Å². The summed E-state index contributed by atoms with van der Waals surface area (Å²) in [5, 5.41) is 27.8. The molecule has 20 heavy (non-hydrogen) atoms. The predicted octanol–water partition coefficient (Wildman–Crippen LogP) is 1.32. The van der Waals surface area contributed by atoms with Crippen molar-refractivity contribution < 1.29 is 10.0 Å². The Hall–Kier alpha value is -1.47. The maximum atomic E-state index is 10.5. The van der Waals surface area contributed by atoms with Gasteiger partial charge in [0.2, 0.25) is 0 Å². The van der Waals surface area contributed by atoms with Crippen molar-refractivity contribution in [2.24, 2.45) is 5.92 Å². The zero-order valence-corrected chi connectivity index (χ0v) is 11.7. The summed E-state index contributed by atoms with van der Waals surface area (Å²) in [6.07, 6.45) is 6.86. The van der Waals surface area contributed by atoms with Gasteiger partial charge in [-0.2, -0.15) is 5.10 Å². The Labute approximate surface area is 118 Å². The van der Waals surface area contributed by atoms with E-state index in [2.05, 4.69) is 17.3 Å². The summed E-state index contributed by atoms with van der Waals surface area (Å²) < 4.78 is 1.41. The lowest BCUT2D eigenvalue weighted by Gasteiger charge is -2.30. The summed E-state index contributed by atoms with van der Waals surface area (Å²) in [7, 11) is 0. The number of hydrogen-bond donors (Lipinski definition) is 2. The molecule has 0 saturated heterocycles. The Morgan fingerprint density at radius 1 is 1.60 bits per heavy atom. The fourth-order valence-corrected chi connectivity index (χ4v) is 2.73. The van der Waals surface area contributed by atoms with Gasteiger partial charge >= 0.3 is 5.69 Å². The molecule has 112 valence electrons. The number of nitrogens with one attached hydrogen (secondary N) is 1. The van der Waals surface area contributed by atoms with E-state index in [1.807, 2.05) is 0 Å². The standard InChI is InChI=1S/C13H22N4O3/c1-10-4-2-3-5-13(10)14-7-12(18)9-16-8-11(6-15-16)17(19)20/h6,8,10,12-14,18H,2-5,7,9H2,1H3. The van der Waals surface area contributed by atoms with Gasteiger partial charge in [0, 0.05) is 12.6 Å². The van der Waals surface area contributed by atoms with Crippen molar-refractivity contribution in [2.75, 3.05) is 6.54 Å². The SMILES string of the molecule is CC1CCCCC1NCC(O)Cn1cc([N+](=O)[O-])cn1. The topological polar surface area (TPSA) is 93.2 Å². The molecule has 0 radical (unpaired) electrons. The zero-order chi connectivity index (χ0) is 14.5. The van der Waals surface area contributed by atoms with Crippen molar-refractivity contribution in [2.45, 2.75) is 51.3 Å². The van der Waals surface area contributed by atoms with Gasteiger partial charge in [-0.15, -0.1) is 0 Å². The van der Waals surface area contributed by atoms with Crippen LogP contribution in [0.3, 0.4) is 0 Å². The largest absolute Gasteiger partial charge is 0.390 e. The fourth-order valence-electron chi connectivity index (χ4n) is 2.73. The van der Waals surface area contributed by atoms with Crippen LogP contribution in [0.25, 0.3) is 0 Å². The number of aliphatic hydroxyl groups is 1. The van der Waals surface area contributed by atoms with E-state index in [0.717, 1.165) is 6.42 Å². The summed E-state index contributed by atoms with van der Waals surface area (Å²) in [4.78, 5) is 10.1. The molecule has 1 heterocycles. The maximum Gasteiger partial charge on any atom is 0.306 e. The molecule has 2 rings (SSSR count). The smallest absolute Gasteiger partial charge is 0.306 e. The third kappa shape index (κ3) is 4.01. The van der Waals surface area contributed by atoms with Crippen LogP contribution < -0.4 is 5.32 Å². The third-order valence-electron chi connectivity index (χ3n) is 3.96. The highest BCUT2D eigenvalue weighted by Gasteiger charge is 2.21. The molecule has 1 aliphatic rings. The summed E-state index contributed by atoms with van der Waals surface area (Å²) in [6, 6.07) is 0.463. The molecule has 7 heteroatoms. The first-order valence-electron chi connectivity index (χ1n) is 7.14. The van der Waals surface area contributed by atoms with Crippen LogP contribution >= 0.6 is 0 Å². The molecule has 0 spiro atoms. The molecule has 1 fully saturated rings. The average molecular weight is 282 g/mol. The quantitative estimate of drug-likeness (QED) is 0.606. The summed E-state index contributed by atoms with van der Waals surface area (Å²) >= 11 is 0. The molecule has 0 aromatic carbocycles. The number of nitrogens with zero attached hydrogens (tertiary/aromatic N) is 3. The second kappa shape index (κ2) is 6.81. The second-order valence-corrected chi connectivity index (χ2v) is 5.61. The molecule has 3 atom stereocenters. The Morgan fingerprint density at radius 3 is 3.00 bits per heavy atom. The van der Waals surface area contributed by atoms with Crippen molar-refractivity contribution >= 4 is 5.69 Å². The first-order valence-corrected chi connectivity index (χ1v) is 7.14. The molecular weight excluding hydrogens is 260 g/mol. The first kappa shape index (κ1) is 14.9. The van der Waals surface area contributed by atoms with Crippen LogP contribution in [0.15, 0.2) is 12.4 Å². The normalized spacial score (nSPS) is 24.5. The lowest BCUT2D eigenvalue weighted by Crippen LogP contribution is -2.42. The highest BCUT2D eigenvalue weighted by Crippen LogP contribution is 2.23. The number of aromatic nitrogens is 2. The van der Waals surface area contributed by atoms with E-state index in [1.165, 1.54) is 36.3 Å². The monoisotopic (exact) mass is 282 g/mol. The third-order valence-corrected chi connectivity index (χ3v) is 3.96. The van der Waals surface area contributed by atoms with Crippen molar-refractivity contribution in [3.05, 3.63) is 22.5 Å². The Balaban J connectivity index is 1.76.